The van der Waals surface area contributed by atoms with Crippen LogP contribution in [0.2, 0.25) is 0 Å². The quantitative estimate of drug-likeness (QED) is 0.873. The molecule has 1 saturated carbocycles. The molecule has 0 radical (unpaired) electrons. The molecule has 2 aromatic carbocycles. The number of benzene rings is 2. The Morgan fingerprint density at radius 1 is 0.850 bits per heavy atom. The van der Waals surface area contributed by atoms with Crippen LogP contribution in [-0.4, -0.2) is 0 Å². The molecular formula is C18H21NO. The van der Waals surface area contributed by atoms with Gasteiger partial charge in [0, 0.05) is 6.04 Å². The molecule has 0 heterocycles. The van der Waals surface area contributed by atoms with E-state index in [9.17, 15) is 0 Å². The molecule has 1 aliphatic carbocycles. The molecule has 0 unspecified atom stereocenters. The van der Waals surface area contributed by atoms with E-state index in [2.05, 4.69) is 12.1 Å². The van der Waals surface area contributed by atoms with Crippen LogP contribution in [0.3, 0.4) is 0 Å². The second-order valence-electron chi connectivity index (χ2n) is 5.55. The van der Waals surface area contributed by atoms with Crippen LogP contribution in [0.5, 0.6) is 11.5 Å². The van der Waals surface area contributed by atoms with Gasteiger partial charge < -0.3 is 10.5 Å². The van der Waals surface area contributed by atoms with E-state index in [1.54, 1.807) is 0 Å². The van der Waals surface area contributed by atoms with Gasteiger partial charge >= 0.3 is 0 Å². The summed E-state index contributed by atoms with van der Waals surface area (Å²) in [4.78, 5) is 0. The largest absolute Gasteiger partial charge is 0.457 e. The number of rotatable bonds is 4. The van der Waals surface area contributed by atoms with Crippen LogP contribution in [0.4, 0.5) is 0 Å². The van der Waals surface area contributed by atoms with Gasteiger partial charge in [0.2, 0.25) is 0 Å². The van der Waals surface area contributed by atoms with Crippen molar-refractivity contribution >= 4 is 0 Å². The zero-order valence-corrected chi connectivity index (χ0v) is 11.7. The van der Waals surface area contributed by atoms with Crippen LogP contribution in [0.1, 0.15) is 37.3 Å². The molecule has 0 bridgehead atoms. The fourth-order valence-electron chi connectivity index (χ4n) is 2.97. The van der Waals surface area contributed by atoms with Crippen LogP contribution >= 0.6 is 0 Å². The van der Waals surface area contributed by atoms with Gasteiger partial charge in [-0.2, -0.15) is 0 Å². The highest BCUT2D eigenvalue weighted by Gasteiger charge is 2.23. The minimum absolute atomic E-state index is 0.170. The van der Waals surface area contributed by atoms with Crippen molar-refractivity contribution in [2.45, 2.75) is 31.7 Å². The van der Waals surface area contributed by atoms with Crippen molar-refractivity contribution in [2.24, 2.45) is 11.7 Å². The highest BCUT2D eigenvalue weighted by atomic mass is 16.5. The van der Waals surface area contributed by atoms with Crippen LogP contribution in [-0.2, 0) is 0 Å². The molecule has 20 heavy (non-hydrogen) atoms. The lowest BCUT2D eigenvalue weighted by Crippen LogP contribution is -2.18. The standard InChI is InChI=1S/C18H21NO/c19-18(14-6-4-5-7-14)15-10-12-17(13-11-15)20-16-8-2-1-3-9-16/h1-3,8-14,18H,4-7,19H2/t18-/m1/s1. The van der Waals surface area contributed by atoms with Gasteiger partial charge in [-0.05, 0) is 48.6 Å². The number of nitrogens with two attached hydrogens (primary N) is 1. The third-order valence-electron chi connectivity index (χ3n) is 4.15. The van der Waals surface area contributed by atoms with Gasteiger partial charge in [0.15, 0.2) is 0 Å². The van der Waals surface area contributed by atoms with Gasteiger partial charge in [-0.25, -0.2) is 0 Å². The molecule has 2 heteroatoms. The molecule has 0 amide bonds. The predicted octanol–water partition coefficient (Wildman–Crippen LogP) is 4.67. The summed E-state index contributed by atoms with van der Waals surface area (Å²) >= 11 is 0. The van der Waals surface area contributed by atoms with Crippen molar-refractivity contribution in [1.82, 2.24) is 0 Å². The van der Waals surface area contributed by atoms with E-state index in [4.69, 9.17) is 10.5 Å². The summed E-state index contributed by atoms with van der Waals surface area (Å²) in [5.41, 5.74) is 7.58. The molecule has 0 saturated heterocycles. The molecule has 2 nitrogen and oxygen atoms in total. The number of hydrogen-bond donors (Lipinski definition) is 1. The van der Waals surface area contributed by atoms with Crippen LogP contribution in [0, 0.1) is 5.92 Å². The molecule has 0 aliphatic heterocycles. The zero-order valence-electron chi connectivity index (χ0n) is 11.7. The lowest BCUT2D eigenvalue weighted by Gasteiger charge is -2.19. The van der Waals surface area contributed by atoms with Gasteiger partial charge in [0.1, 0.15) is 11.5 Å². The topological polar surface area (TPSA) is 35.2 Å². The summed E-state index contributed by atoms with van der Waals surface area (Å²) in [7, 11) is 0. The smallest absolute Gasteiger partial charge is 0.127 e. The number of hydrogen-bond acceptors (Lipinski definition) is 2. The van der Waals surface area contributed by atoms with Crippen molar-refractivity contribution in [1.29, 1.82) is 0 Å². The molecule has 2 N–H and O–H groups in total. The first-order valence-corrected chi connectivity index (χ1v) is 7.41. The Bertz CT molecular complexity index is 529. The van der Waals surface area contributed by atoms with E-state index in [-0.39, 0.29) is 6.04 Å². The summed E-state index contributed by atoms with van der Waals surface area (Å²) in [6.45, 7) is 0. The molecule has 1 fully saturated rings. The van der Waals surface area contributed by atoms with Crippen molar-refractivity contribution in [2.75, 3.05) is 0 Å². The summed E-state index contributed by atoms with van der Waals surface area (Å²) < 4.78 is 5.80. The van der Waals surface area contributed by atoms with Crippen LogP contribution < -0.4 is 10.5 Å². The highest BCUT2D eigenvalue weighted by molar-refractivity contribution is 5.34. The first-order valence-electron chi connectivity index (χ1n) is 7.41. The van der Waals surface area contributed by atoms with Crippen molar-refractivity contribution < 1.29 is 4.74 Å². The third kappa shape index (κ3) is 3.02. The lowest BCUT2D eigenvalue weighted by molar-refractivity contribution is 0.443. The third-order valence-corrected chi connectivity index (χ3v) is 4.15. The zero-order chi connectivity index (χ0) is 13.8. The van der Waals surface area contributed by atoms with Crippen molar-refractivity contribution in [3.05, 3.63) is 60.2 Å². The molecule has 2 aromatic rings. The number of para-hydroxylation sites is 1. The summed E-state index contributed by atoms with van der Waals surface area (Å²) in [5, 5.41) is 0. The van der Waals surface area contributed by atoms with E-state index in [0.29, 0.717) is 5.92 Å². The molecule has 0 spiro atoms. The molecular weight excluding hydrogens is 246 g/mol. The van der Waals surface area contributed by atoms with Gasteiger partial charge in [0.05, 0.1) is 0 Å². The Kier molecular flexibility index (Phi) is 4.03. The highest BCUT2D eigenvalue weighted by Crippen LogP contribution is 2.34. The van der Waals surface area contributed by atoms with E-state index in [1.807, 2.05) is 42.5 Å². The van der Waals surface area contributed by atoms with Crippen molar-refractivity contribution in [3.8, 4) is 11.5 Å². The molecule has 104 valence electrons. The second kappa shape index (κ2) is 6.10. The first-order chi connectivity index (χ1) is 9.83. The summed E-state index contributed by atoms with van der Waals surface area (Å²) in [6, 6.07) is 18.2. The summed E-state index contributed by atoms with van der Waals surface area (Å²) in [6.07, 6.45) is 5.19. The Morgan fingerprint density at radius 3 is 2.10 bits per heavy atom. The van der Waals surface area contributed by atoms with Crippen LogP contribution in [0.15, 0.2) is 54.6 Å². The van der Waals surface area contributed by atoms with E-state index < -0.39 is 0 Å². The molecule has 1 aliphatic rings. The molecule has 0 aromatic heterocycles. The minimum Gasteiger partial charge on any atom is -0.457 e. The SMILES string of the molecule is N[C@@H](c1ccc(Oc2ccccc2)cc1)C1CCCC1. The van der Waals surface area contributed by atoms with E-state index >= 15 is 0 Å². The molecule has 3 rings (SSSR count). The maximum absolute atomic E-state index is 6.36. The average Bonchev–Trinajstić information content (AvgIpc) is 3.03. The van der Waals surface area contributed by atoms with Gasteiger partial charge in [0.25, 0.3) is 0 Å². The van der Waals surface area contributed by atoms with E-state index in [1.165, 1.54) is 31.2 Å². The first kappa shape index (κ1) is 13.2. The lowest BCUT2D eigenvalue weighted by atomic mass is 9.92. The normalized spacial score (nSPS) is 17.1. The Hall–Kier alpha value is -1.80. The van der Waals surface area contributed by atoms with Crippen molar-refractivity contribution in [3.63, 3.8) is 0 Å². The monoisotopic (exact) mass is 267 g/mol. The fraction of sp³-hybridized carbons (Fsp3) is 0.333. The maximum Gasteiger partial charge on any atom is 0.127 e. The van der Waals surface area contributed by atoms with Gasteiger partial charge in [-0.1, -0.05) is 43.2 Å². The predicted molar refractivity (Wildman–Crippen MR) is 81.8 cm³/mol. The second-order valence-corrected chi connectivity index (χ2v) is 5.55. The van der Waals surface area contributed by atoms with E-state index in [0.717, 1.165) is 11.5 Å². The Morgan fingerprint density at radius 2 is 1.45 bits per heavy atom. The Balaban J connectivity index is 1.68. The fourth-order valence-corrected chi connectivity index (χ4v) is 2.97. The maximum atomic E-state index is 6.36. The number of ether oxygens (including phenoxy) is 1. The minimum atomic E-state index is 0.170. The summed E-state index contributed by atoms with van der Waals surface area (Å²) in [5.74, 6) is 2.37. The Labute approximate surface area is 120 Å². The van der Waals surface area contributed by atoms with Gasteiger partial charge in [-0.3, -0.25) is 0 Å². The van der Waals surface area contributed by atoms with Gasteiger partial charge in [-0.15, -0.1) is 0 Å². The molecule has 1 atom stereocenters. The average molecular weight is 267 g/mol. The van der Waals surface area contributed by atoms with Crippen LogP contribution in [0.25, 0.3) is 0 Å².